The molecule has 0 saturated carbocycles. The van der Waals surface area contributed by atoms with Gasteiger partial charge in [0, 0.05) is 29.3 Å². The number of carbonyl (C=O) groups is 1. The van der Waals surface area contributed by atoms with E-state index < -0.39 is 0 Å². The fourth-order valence-electron chi connectivity index (χ4n) is 1.61. The van der Waals surface area contributed by atoms with Gasteiger partial charge in [0.05, 0.1) is 11.6 Å². The average Bonchev–Trinajstić information content (AvgIpc) is 2.89. The highest BCUT2D eigenvalue weighted by molar-refractivity contribution is 9.10. The number of imidazole rings is 1. The molecule has 18 heavy (non-hydrogen) atoms. The van der Waals surface area contributed by atoms with Gasteiger partial charge in [0.2, 0.25) is 0 Å². The Morgan fingerprint density at radius 1 is 1.56 bits per heavy atom. The summed E-state index contributed by atoms with van der Waals surface area (Å²) in [7, 11) is 0. The third-order valence-corrected chi connectivity index (χ3v) is 2.96. The van der Waals surface area contributed by atoms with Crippen molar-refractivity contribution < 1.29 is 4.79 Å². The summed E-state index contributed by atoms with van der Waals surface area (Å²) in [5.74, 6) is 0.598. The number of carbonyl (C=O) groups excluding carboxylic acids is 1. The van der Waals surface area contributed by atoms with E-state index in [1.54, 1.807) is 24.7 Å². The van der Waals surface area contributed by atoms with E-state index in [9.17, 15) is 4.79 Å². The summed E-state index contributed by atoms with van der Waals surface area (Å²) in [5, 5.41) is 2.92. The lowest BCUT2D eigenvalue weighted by Gasteiger charge is -2.14. The van der Waals surface area contributed by atoms with Crippen molar-refractivity contribution in [3.63, 3.8) is 0 Å². The quantitative estimate of drug-likeness (QED) is 0.911. The minimum Gasteiger partial charge on any atom is -0.347 e. The van der Waals surface area contributed by atoms with Crippen LogP contribution in [0.4, 0.5) is 0 Å². The van der Waals surface area contributed by atoms with Gasteiger partial charge in [-0.25, -0.2) is 4.98 Å². The van der Waals surface area contributed by atoms with Crippen molar-refractivity contribution in [3.05, 3.63) is 46.7 Å². The average molecular weight is 309 g/mol. The first kappa shape index (κ1) is 12.8. The van der Waals surface area contributed by atoms with Crippen LogP contribution in [0.3, 0.4) is 0 Å². The molecule has 0 aromatic carbocycles. The third kappa shape index (κ3) is 2.95. The molecule has 2 rings (SSSR count). The molecular formula is C12H13BrN4O. The van der Waals surface area contributed by atoms with E-state index in [4.69, 9.17) is 0 Å². The van der Waals surface area contributed by atoms with Crippen molar-refractivity contribution in [2.24, 2.45) is 0 Å². The van der Waals surface area contributed by atoms with Gasteiger partial charge in [-0.3, -0.25) is 9.78 Å². The van der Waals surface area contributed by atoms with Crippen LogP contribution < -0.4 is 5.32 Å². The number of halogens is 1. The second kappa shape index (κ2) is 5.77. The lowest BCUT2D eigenvalue weighted by molar-refractivity contribution is 0.0933. The van der Waals surface area contributed by atoms with E-state index in [0.717, 1.165) is 16.7 Å². The number of aromatic nitrogens is 3. The lowest BCUT2D eigenvalue weighted by atomic mass is 10.2. The predicted molar refractivity (Wildman–Crippen MR) is 71.0 cm³/mol. The molecule has 0 bridgehead atoms. The first-order valence-corrected chi connectivity index (χ1v) is 6.40. The minimum atomic E-state index is -0.160. The molecule has 1 unspecified atom stereocenters. The Labute approximate surface area is 113 Å². The van der Waals surface area contributed by atoms with Crippen LogP contribution in [0.1, 0.15) is 35.6 Å². The maximum atomic E-state index is 12.0. The van der Waals surface area contributed by atoms with Gasteiger partial charge in [-0.05, 0) is 28.4 Å². The highest BCUT2D eigenvalue weighted by atomic mass is 79.9. The number of amides is 1. The molecule has 0 aliphatic carbocycles. The molecule has 5 nitrogen and oxygen atoms in total. The van der Waals surface area contributed by atoms with E-state index >= 15 is 0 Å². The highest BCUT2D eigenvalue weighted by Crippen LogP contribution is 2.14. The zero-order valence-corrected chi connectivity index (χ0v) is 11.4. The van der Waals surface area contributed by atoms with Gasteiger partial charge in [-0.1, -0.05) is 6.92 Å². The second-order valence-electron chi connectivity index (χ2n) is 3.80. The van der Waals surface area contributed by atoms with Gasteiger partial charge in [0.1, 0.15) is 5.82 Å². The van der Waals surface area contributed by atoms with Crippen LogP contribution in [0.15, 0.2) is 35.3 Å². The molecule has 2 N–H and O–H groups in total. The molecule has 0 aliphatic heterocycles. The predicted octanol–water partition coefficient (Wildman–Crippen LogP) is 2.45. The second-order valence-corrected chi connectivity index (χ2v) is 4.72. The minimum absolute atomic E-state index is 0.119. The number of nitrogens with one attached hydrogen (secondary N) is 2. The van der Waals surface area contributed by atoms with E-state index in [0.29, 0.717) is 5.56 Å². The summed E-state index contributed by atoms with van der Waals surface area (Å²) < 4.78 is 0.779. The van der Waals surface area contributed by atoms with Crippen LogP contribution in [0.5, 0.6) is 0 Å². The Kier molecular flexibility index (Phi) is 4.09. The molecular weight excluding hydrogens is 296 g/mol. The summed E-state index contributed by atoms with van der Waals surface area (Å²) in [6.45, 7) is 1.99. The summed E-state index contributed by atoms with van der Waals surface area (Å²) >= 11 is 3.29. The fourth-order valence-corrected chi connectivity index (χ4v) is 1.97. The molecule has 0 spiro atoms. The summed E-state index contributed by atoms with van der Waals surface area (Å²) in [4.78, 5) is 23.2. The van der Waals surface area contributed by atoms with Crippen molar-refractivity contribution >= 4 is 21.8 Å². The van der Waals surface area contributed by atoms with Crippen molar-refractivity contribution in [2.45, 2.75) is 19.4 Å². The normalized spacial score (nSPS) is 12.1. The Morgan fingerprint density at radius 3 is 3.00 bits per heavy atom. The van der Waals surface area contributed by atoms with Gasteiger partial charge in [0.15, 0.2) is 0 Å². The first-order chi connectivity index (χ1) is 8.70. The third-order valence-electron chi connectivity index (χ3n) is 2.53. The molecule has 0 fully saturated rings. The summed E-state index contributed by atoms with van der Waals surface area (Å²) in [6.07, 6.45) is 7.35. The number of rotatable bonds is 4. The van der Waals surface area contributed by atoms with Crippen molar-refractivity contribution in [1.29, 1.82) is 0 Å². The maximum Gasteiger partial charge on any atom is 0.253 e. The molecule has 1 atom stereocenters. The zero-order valence-electron chi connectivity index (χ0n) is 9.85. The highest BCUT2D eigenvalue weighted by Gasteiger charge is 2.16. The van der Waals surface area contributed by atoms with E-state index in [1.807, 2.05) is 6.92 Å². The number of aromatic amines is 1. The van der Waals surface area contributed by atoms with Gasteiger partial charge in [-0.2, -0.15) is 0 Å². The number of hydrogen-bond acceptors (Lipinski definition) is 3. The fraction of sp³-hybridized carbons (Fsp3) is 0.250. The summed E-state index contributed by atoms with van der Waals surface area (Å²) in [5.41, 5.74) is 0.523. The van der Waals surface area contributed by atoms with Crippen LogP contribution in [0, 0.1) is 0 Å². The van der Waals surface area contributed by atoms with Crippen molar-refractivity contribution in [2.75, 3.05) is 0 Å². The van der Waals surface area contributed by atoms with E-state index in [2.05, 4.69) is 36.2 Å². The van der Waals surface area contributed by atoms with Crippen LogP contribution in [-0.4, -0.2) is 20.9 Å². The molecule has 0 aliphatic rings. The van der Waals surface area contributed by atoms with Gasteiger partial charge >= 0.3 is 0 Å². The number of nitrogens with zero attached hydrogens (tertiary/aromatic N) is 2. The van der Waals surface area contributed by atoms with Crippen LogP contribution in [-0.2, 0) is 0 Å². The molecule has 0 radical (unpaired) electrons. The largest absolute Gasteiger partial charge is 0.347 e. The van der Waals surface area contributed by atoms with Gasteiger partial charge < -0.3 is 10.3 Å². The molecule has 1 amide bonds. The van der Waals surface area contributed by atoms with Crippen LogP contribution in [0.25, 0.3) is 0 Å². The van der Waals surface area contributed by atoms with Gasteiger partial charge in [-0.15, -0.1) is 0 Å². The van der Waals surface area contributed by atoms with Crippen LogP contribution in [0.2, 0.25) is 0 Å². The Balaban J connectivity index is 2.11. The maximum absolute atomic E-state index is 12.0. The molecule has 2 aromatic heterocycles. The Bertz CT molecular complexity index is 527. The first-order valence-electron chi connectivity index (χ1n) is 5.61. The van der Waals surface area contributed by atoms with Crippen molar-refractivity contribution in [1.82, 2.24) is 20.3 Å². The number of hydrogen-bond donors (Lipinski definition) is 2. The van der Waals surface area contributed by atoms with Gasteiger partial charge in [0.25, 0.3) is 5.91 Å². The molecule has 94 valence electrons. The number of H-pyrrole nitrogens is 1. The molecule has 2 heterocycles. The standard InChI is InChI=1S/C12H13BrN4O/c1-2-10(11-15-3-4-16-11)17-12(18)8-5-9(13)7-14-6-8/h3-7,10H,2H2,1H3,(H,15,16)(H,17,18). The van der Waals surface area contributed by atoms with Crippen molar-refractivity contribution in [3.8, 4) is 0 Å². The topological polar surface area (TPSA) is 70.7 Å². The lowest BCUT2D eigenvalue weighted by Crippen LogP contribution is -2.29. The molecule has 6 heteroatoms. The summed E-state index contributed by atoms with van der Waals surface area (Å²) in [6, 6.07) is 1.61. The molecule has 0 saturated heterocycles. The number of pyridine rings is 1. The van der Waals surface area contributed by atoms with Crippen LogP contribution >= 0.6 is 15.9 Å². The monoisotopic (exact) mass is 308 g/mol. The Hall–Kier alpha value is -1.69. The SMILES string of the molecule is CCC(NC(=O)c1cncc(Br)c1)c1ncc[nH]1. The smallest absolute Gasteiger partial charge is 0.253 e. The van der Waals surface area contributed by atoms with E-state index in [1.165, 1.54) is 6.20 Å². The Morgan fingerprint density at radius 2 is 2.39 bits per heavy atom. The van der Waals surface area contributed by atoms with E-state index in [-0.39, 0.29) is 11.9 Å². The molecule has 2 aromatic rings. The zero-order chi connectivity index (χ0) is 13.0.